The molecule has 0 fully saturated rings. The zero-order chi connectivity index (χ0) is 8.27. The molecule has 1 aromatic rings. The van der Waals surface area contributed by atoms with Crippen LogP contribution >= 0.6 is 15.9 Å². The van der Waals surface area contributed by atoms with Crippen LogP contribution in [0.1, 0.15) is 11.7 Å². The number of phenolic OH excluding ortho intramolecular Hbond substituents is 1. The summed E-state index contributed by atoms with van der Waals surface area (Å²) in [7, 11) is 0. The van der Waals surface area contributed by atoms with Crippen molar-refractivity contribution in [2.75, 3.05) is 5.33 Å². The molecule has 0 aliphatic heterocycles. The van der Waals surface area contributed by atoms with E-state index in [-0.39, 0.29) is 11.1 Å². The van der Waals surface area contributed by atoms with E-state index < -0.39 is 6.17 Å². The number of alkyl halides is 2. The van der Waals surface area contributed by atoms with E-state index in [0.717, 1.165) is 0 Å². The topological polar surface area (TPSA) is 20.2 Å². The molecule has 1 nitrogen and oxygen atoms in total. The summed E-state index contributed by atoms with van der Waals surface area (Å²) in [5.74, 6) is 0.163. The highest BCUT2D eigenvalue weighted by Gasteiger charge is 2.06. The molecule has 60 valence electrons. The Bertz CT molecular complexity index is 222. The van der Waals surface area contributed by atoms with Crippen LogP contribution < -0.4 is 0 Å². The van der Waals surface area contributed by atoms with E-state index in [1.54, 1.807) is 12.1 Å². The van der Waals surface area contributed by atoms with Crippen molar-refractivity contribution >= 4 is 15.9 Å². The second-order valence-electron chi connectivity index (χ2n) is 2.21. The number of phenols is 1. The average molecular weight is 219 g/mol. The molecule has 1 aromatic carbocycles. The van der Waals surface area contributed by atoms with Gasteiger partial charge in [-0.3, -0.25) is 0 Å². The predicted molar refractivity (Wildman–Crippen MR) is 45.7 cm³/mol. The fourth-order valence-corrected chi connectivity index (χ4v) is 1.15. The van der Waals surface area contributed by atoms with Gasteiger partial charge in [-0.2, -0.15) is 0 Å². The first-order chi connectivity index (χ1) is 5.24. The molecule has 0 aromatic heterocycles. The lowest BCUT2D eigenvalue weighted by Gasteiger charge is -2.03. The van der Waals surface area contributed by atoms with Crippen molar-refractivity contribution in [1.82, 2.24) is 0 Å². The molecule has 0 amide bonds. The van der Waals surface area contributed by atoms with Crippen LogP contribution in [0.5, 0.6) is 5.75 Å². The molecular formula is C8H8BrFO. The predicted octanol–water partition coefficient (Wildman–Crippen LogP) is 2.80. The normalized spacial score (nSPS) is 12.9. The van der Waals surface area contributed by atoms with Crippen LogP contribution in [-0.2, 0) is 0 Å². The second kappa shape index (κ2) is 3.72. The molecule has 0 aliphatic rings. The molecule has 1 N–H and O–H groups in total. The van der Waals surface area contributed by atoms with Crippen LogP contribution in [-0.4, -0.2) is 10.4 Å². The van der Waals surface area contributed by atoms with Crippen molar-refractivity contribution < 1.29 is 9.50 Å². The van der Waals surface area contributed by atoms with Crippen LogP contribution in [0.15, 0.2) is 24.3 Å². The monoisotopic (exact) mass is 218 g/mol. The van der Waals surface area contributed by atoms with Crippen molar-refractivity contribution in [2.24, 2.45) is 0 Å². The third-order valence-electron chi connectivity index (χ3n) is 1.39. The molecule has 11 heavy (non-hydrogen) atoms. The Morgan fingerprint density at radius 3 is 2.36 bits per heavy atom. The van der Waals surface area contributed by atoms with Crippen molar-refractivity contribution in [2.45, 2.75) is 6.17 Å². The van der Waals surface area contributed by atoms with E-state index in [1.807, 2.05) is 0 Å². The van der Waals surface area contributed by atoms with E-state index >= 15 is 0 Å². The first-order valence-corrected chi connectivity index (χ1v) is 4.35. The minimum atomic E-state index is -0.990. The Morgan fingerprint density at radius 1 is 1.36 bits per heavy atom. The smallest absolute Gasteiger partial charge is 0.135 e. The Hall–Kier alpha value is -0.570. The lowest BCUT2D eigenvalue weighted by molar-refractivity contribution is 0.382. The van der Waals surface area contributed by atoms with Gasteiger partial charge in [0.1, 0.15) is 11.9 Å². The van der Waals surface area contributed by atoms with Gasteiger partial charge in [0.05, 0.1) is 0 Å². The van der Waals surface area contributed by atoms with E-state index in [2.05, 4.69) is 15.9 Å². The van der Waals surface area contributed by atoms with Crippen LogP contribution in [0.3, 0.4) is 0 Å². The summed E-state index contributed by atoms with van der Waals surface area (Å²) in [4.78, 5) is 0. The van der Waals surface area contributed by atoms with Crippen molar-refractivity contribution in [3.63, 3.8) is 0 Å². The van der Waals surface area contributed by atoms with Crippen molar-refractivity contribution in [3.8, 4) is 5.75 Å². The number of hydrogen-bond donors (Lipinski definition) is 1. The maximum atomic E-state index is 12.9. The molecule has 1 unspecified atom stereocenters. The largest absolute Gasteiger partial charge is 0.508 e. The Morgan fingerprint density at radius 2 is 1.91 bits per heavy atom. The van der Waals surface area contributed by atoms with Gasteiger partial charge in [0.15, 0.2) is 0 Å². The van der Waals surface area contributed by atoms with Gasteiger partial charge in [-0.25, -0.2) is 4.39 Å². The molecule has 0 bridgehead atoms. The van der Waals surface area contributed by atoms with Crippen LogP contribution in [0, 0.1) is 0 Å². The fraction of sp³-hybridized carbons (Fsp3) is 0.250. The highest BCUT2D eigenvalue weighted by molar-refractivity contribution is 9.09. The van der Waals surface area contributed by atoms with Gasteiger partial charge < -0.3 is 5.11 Å². The zero-order valence-corrected chi connectivity index (χ0v) is 7.38. The van der Waals surface area contributed by atoms with Crippen molar-refractivity contribution in [3.05, 3.63) is 29.8 Å². The third kappa shape index (κ3) is 2.19. The number of halogens is 2. The maximum Gasteiger partial charge on any atom is 0.135 e. The maximum absolute atomic E-state index is 12.9. The third-order valence-corrected chi connectivity index (χ3v) is 1.96. The Kier molecular flexibility index (Phi) is 2.88. The van der Waals surface area contributed by atoms with Gasteiger partial charge >= 0.3 is 0 Å². The molecule has 0 radical (unpaired) electrons. The molecule has 3 heteroatoms. The van der Waals surface area contributed by atoms with Gasteiger partial charge in [-0.15, -0.1) is 0 Å². The lowest BCUT2D eigenvalue weighted by Crippen LogP contribution is -1.90. The van der Waals surface area contributed by atoms with Crippen LogP contribution in [0.25, 0.3) is 0 Å². The van der Waals surface area contributed by atoms with Crippen molar-refractivity contribution in [1.29, 1.82) is 0 Å². The standard InChI is InChI=1S/C8H8BrFO/c9-5-8(10)6-1-3-7(11)4-2-6/h1-4,8,11H,5H2. The average Bonchev–Trinajstić information content (AvgIpc) is 2.05. The number of aromatic hydroxyl groups is 1. The molecule has 1 rings (SSSR count). The van der Waals surface area contributed by atoms with Crippen LogP contribution in [0.2, 0.25) is 0 Å². The summed E-state index contributed by atoms with van der Waals surface area (Å²) in [5.41, 5.74) is 0.583. The van der Waals surface area contributed by atoms with E-state index in [4.69, 9.17) is 5.11 Å². The fourth-order valence-electron chi connectivity index (χ4n) is 0.772. The summed E-state index contributed by atoms with van der Waals surface area (Å²) >= 11 is 3.03. The SMILES string of the molecule is Oc1ccc(C(F)CBr)cc1. The number of hydrogen-bond acceptors (Lipinski definition) is 1. The van der Waals surface area contributed by atoms with Gasteiger partial charge in [0.2, 0.25) is 0 Å². The molecule has 0 heterocycles. The molecule has 0 spiro atoms. The molecule has 0 saturated heterocycles. The highest BCUT2D eigenvalue weighted by Crippen LogP contribution is 2.21. The summed E-state index contributed by atoms with van der Waals surface area (Å²) in [6.45, 7) is 0. The summed E-state index contributed by atoms with van der Waals surface area (Å²) in [5, 5.41) is 9.17. The van der Waals surface area contributed by atoms with Gasteiger partial charge in [0, 0.05) is 5.33 Å². The van der Waals surface area contributed by atoms with Crippen LogP contribution in [0.4, 0.5) is 4.39 Å². The second-order valence-corrected chi connectivity index (χ2v) is 2.86. The number of benzene rings is 1. The van der Waals surface area contributed by atoms with E-state index in [0.29, 0.717) is 5.56 Å². The first kappa shape index (κ1) is 8.53. The Balaban J connectivity index is 2.81. The lowest BCUT2D eigenvalue weighted by atomic mass is 10.1. The Labute approximate surface area is 73.0 Å². The van der Waals surface area contributed by atoms with Gasteiger partial charge in [-0.1, -0.05) is 28.1 Å². The quantitative estimate of drug-likeness (QED) is 0.758. The zero-order valence-electron chi connectivity index (χ0n) is 5.80. The minimum Gasteiger partial charge on any atom is -0.508 e. The highest BCUT2D eigenvalue weighted by atomic mass is 79.9. The molecular weight excluding hydrogens is 211 g/mol. The van der Waals surface area contributed by atoms with Gasteiger partial charge in [-0.05, 0) is 17.7 Å². The first-order valence-electron chi connectivity index (χ1n) is 3.23. The molecule has 0 aliphatic carbocycles. The summed E-state index contributed by atoms with van der Waals surface area (Å²) in [6, 6.07) is 6.09. The number of rotatable bonds is 2. The van der Waals surface area contributed by atoms with E-state index in [1.165, 1.54) is 12.1 Å². The van der Waals surface area contributed by atoms with E-state index in [9.17, 15) is 4.39 Å². The molecule has 1 atom stereocenters. The minimum absolute atomic E-state index is 0.163. The van der Waals surface area contributed by atoms with Gasteiger partial charge in [0.25, 0.3) is 0 Å². The summed E-state index contributed by atoms with van der Waals surface area (Å²) in [6.07, 6.45) is -0.990. The molecule has 0 saturated carbocycles. The summed E-state index contributed by atoms with van der Waals surface area (Å²) < 4.78 is 12.9.